The number of ether oxygens (including phenoxy) is 1. The number of benzene rings is 1. The van der Waals surface area contributed by atoms with E-state index in [9.17, 15) is 0 Å². The van der Waals surface area contributed by atoms with E-state index >= 15 is 0 Å². The average molecular weight is 314 g/mol. The third-order valence-corrected chi connectivity index (χ3v) is 3.17. The molecule has 0 saturated carbocycles. The number of halogens is 1. The maximum Gasteiger partial charge on any atom is 0.122 e. The summed E-state index contributed by atoms with van der Waals surface area (Å²) in [5, 5.41) is 0. The first-order valence-corrected chi connectivity index (χ1v) is 7.24. The molecule has 0 aliphatic heterocycles. The second kappa shape index (κ2) is 6.58. The SMILES string of the molecule is CC(N)Cc1cc(Br)ccc1OCCC(C)(C)C. The van der Waals surface area contributed by atoms with Gasteiger partial charge in [-0.2, -0.15) is 0 Å². The molecule has 0 heterocycles. The van der Waals surface area contributed by atoms with Gasteiger partial charge in [-0.1, -0.05) is 36.7 Å². The molecule has 1 unspecified atom stereocenters. The van der Waals surface area contributed by atoms with E-state index in [2.05, 4.69) is 42.8 Å². The van der Waals surface area contributed by atoms with Gasteiger partial charge in [0.2, 0.25) is 0 Å². The Labute approximate surface area is 119 Å². The van der Waals surface area contributed by atoms with Gasteiger partial charge < -0.3 is 10.5 Å². The topological polar surface area (TPSA) is 35.2 Å². The average Bonchev–Trinajstić information content (AvgIpc) is 2.18. The predicted octanol–water partition coefficient (Wildman–Crippen LogP) is 4.15. The highest BCUT2D eigenvalue weighted by molar-refractivity contribution is 9.10. The molecule has 1 rings (SSSR count). The van der Waals surface area contributed by atoms with E-state index in [0.717, 1.165) is 29.7 Å². The van der Waals surface area contributed by atoms with Crippen molar-refractivity contribution >= 4 is 15.9 Å². The molecule has 3 heteroatoms. The molecule has 0 aliphatic carbocycles. The van der Waals surface area contributed by atoms with Crippen LogP contribution in [0.25, 0.3) is 0 Å². The van der Waals surface area contributed by atoms with Crippen molar-refractivity contribution in [3.8, 4) is 5.75 Å². The Kier molecular flexibility index (Phi) is 5.67. The first-order chi connectivity index (χ1) is 8.28. The summed E-state index contributed by atoms with van der Waals surface area (Å²) >= 11 is 3.49. The van der Waals surface area contributed by atoms with Crippen molar-refractivity contribution in [2.24, 2.45) is 11.1 Å². The van der Waals surface area contributed by atoms with Crippen molar-refractivity contribution in [3.05, 3.63) is 28.2 Å². The highest BCUT2D eigenvalue weighted by Crippen LogP contribution is 2.26. The molecule has 0 radical (unpaired) electrons. The van der Waals surface area contributed by atoms with Gasteiger partial charge in [-0.25, -0.2) is 0 Å². The fourth-order valence-electron chi connectivity index (χ4n) is 1.66. The standard InChI is InChI=1S/C15H24BrNO/c1-11(17)9-12-10-13(16)5-6-14(12)18-8-7-15(2,3)4/h5-6,10-11H,7-9,17H2,1-4H3. The fraction of sp³-hybridized carbons (Fsp3) is 0.600. The molecule has 0 aliphatic rings. The summed E-state index contributed by atoms with van der Waals surface area (Å²) in [6.45, 7) is 9.43. The quantitative estimate of drug-likeness (QED) is 0.886. The molecule has 0 fully saturated rings. The normalized spacial score (nSPS) is 13.4. The van der Waals surface area contributed by atoms with Crippen LogP contribution in [0.3, 0.4) is 0 Å². The summed E-state index contributed by atoms with van der Waals surface area (Å²) in [6, 6.07) is 6.27. The second-order valence-electron chi connectivity index (χ2n) is 6.09. The molecule has 1 atom stereocenters. The van der Waals surface area contributed by atoms with E-state index in [-0.39, 0.29) is 6.04 Å². The zero-order chi connectivity index (χ0) is 13.8. The number of nitrogens with two attached hydrogens (primary N) is 1. The van der Waals surface area contributed by atoms with Gasteiger partial charge in [0.15, 0.2) is 0 Å². The lowest BCUT2D eigenvalue weighted by molar-refractivity contribution is 0.241. The van der Waals surface area contributed by atoms with Gasteiger partial charge in [0.05, 0.1) is 6.61 Å². The van der Waals surface area contributed by atoms with Gasteiger partial charge in [-0.05, 0) is 48.9 Å². The summed E-state index contributed by atoms with van der Waals surface area (Å²) in [7, 11) is 0. The summed E-state index contributed by atoms with van der Waals surface area (Å²) in [6.07, 6.45) is 1.88. The molecule has 0 bridgehead atoms. The minimum Gasteiger partial charge on any atom is -0.493 e. The summed E-state index contributed by atoms with van der Waals surface area (Å²) in [5.41, 5.74) is 7.35. The molecular weight excluding hydrogens is 290 g/mol. The zero-order valence-corrected chi connectivity index (χ0v) is 13.4. The first kappa shape index (κ1) is 15.5. The van der Waals surface area contributed by atoms with E-state index in [1.54, 1.807) is 0 Å². The lowest BCUT2D eigenvalue weighted by Gasteiger charge is -2.19. The molecule has 0 spiro atoms. The minimum atomic E-state index is 0.143. The Balaban J connectivity index is 2.69. The van der Waals surface area contributed by atoms with Gasteiger partial charge in [-0.3, -0.25) is 0 Å². The molecule has 0 saturated heterocycles. The third-order valence-electron chi connectivity index (χ3n) is 2.67. The van der Waals surface area contributed by atoms with Crippen LogP contribution in [0.4, 0.5) is 0 Å². The molecule has 0 aromatic heterocycles. The summed E-state index contributed by atoms with van der Waals surface area (Å²) in [5.74, 6) is 0.958. The van der Waals surface area contributed by atoms with Crippen LogP contribution < -0.4 is 10.5 Å². The van der Waals surface area contributed by atoms with Crippen molar-refractivity contribution in [1.29, 1.82) is 0 Å². The van der Waals surface area contributed by atoms with Gasteiger partial charge in [-0.15, -0.1) is 0 Å². The van der Waals surface area contributed by atoms with Crippen molar-refractivity contribution in [1.82, 2.24) is 0 Å². The Morgan fingerprint density at radius 1 is 1.33 bits per heavy atom. The van der Waals surface area contributed by atoms with Crippen LogP contribution in [0.1, 0.15) is 39.7 Å². The van der Waals surface area contributed by atoms with Crippen molar-refractivity contribution in [3.63, 3.8) is 0 Å². The van der Waals surface area contributed by atoms with E-state index in [4.69, 9.17) is 10.5 Å². The fourth-order valence-corrected chi connectivity index (χ4v) is 2.07. The first-order valence-electron chi connectivity index (χ1n) is 6.45. The van der Waals surface area contributed by atoms with Crippen LogP contribution in [-0.2, 0) is 6.42 Å². The van der Waals surface area contributed by atoms with Crippen LogP contribution >= 0.6 is 15.9 Å². The molecular formula is C15H24BrNO. The largest absolute Gasteiger partial charge is 0.493 e. The van der Waals surface area contributed by atoms with Crippen LogP contribution in [0.5, 0.6) is 5.75 Å². The Bertz CT molecular complexity index is 383. The number of hydrogen-bond donors (Lipinski definition) is 1. The molecule has 0 amide bonds. The van der Waals surface area contributed by atoms with Crippen LogP contribution in [-0.4, -0.2) is 12.6 Å². The molecule has 1 aromatic carbocycles. The van der Waals surface area contributed by atoms with Crippen molar-refractivity contribution < 1.29 is 4.74 Å². The Morgan fingerprint density at radius 2 is 2.00 bits per heavy atom. The molecule has 2 nitrogen and oxygen atoms in total. The van der Waals surface area contributed by atoms with Crippen molar-refractivity contribution in [2.45, 2.75) is 46.6 Å². The van der Waals surface area contributed by atoms with Crippen molar-refractivity contribution in [2.75, 3.05) is 6.61 Å². The van der Waals surface area contributed by atoms with E-state index in [1.165, 1.54) is 5.56 Å². The van der Waals surface area contributed by atoms with Gasteiger partial charge >= 0.3 is 0 Å². The lowest BCUT2D eigenvalue weighted by Crippen LogP contribution is -2.19. The molecule has 102 valence electrons. The summed E-state index contributed by atoms with van der Waals surface area (Å²) < 4.78 is 6.96. The van der Waals surface area contributed by atoms with Crippen LogP contribution in [0, 0.1) is 5.41 Å². The monoisotopic (exact) mass is 313 g/mol. The maximum absolute atomic E-state index is 5.89. The van der Waals surface area contributed by atoms with Crippen LogP contribution in [0.2, 0.25) is 0 Å². The minimum absolute atomic E-state index is 0.143. The highest BCUT2D eigenvalue weighted by Gasteiger charge is 2.12. The molecule has 2 N–H and O–H groups in total. The molecule has 18 heavy (non-hydrogen) atoms. The van der Waals surface area contributed by atoms with E-state index in [1.807, 2.05) is 19.1 Å². The highest BCUT2D eigenvalue weighted by atomic mass is 79.9. The van der Waals surface area contributed by atoms with Gasteiger partial charge in [0, 0.05) is 10.5 Å². The van der Waals surface area contributed by atoms with Gasteiger partial charge in [0.1, 0.15) is 5.75 Å². The smallest absolute Gasteiger partial charge is 0.122 e. The van der Waals surface area contributed by atoms with Gasteiger partial charge in [0.25, 0.3) is 0 Å². The van der Waals surface area contributed by atoms with E-state index < -0.39 is 0 Å². The number of rotatable bonds is 5. The summed E-state index contributed by atoms with van der Waals surface area (Å²) in [4.78, 5) is 0. The maximum atomic E-state index is 5.89. The molecule has 1 aromatic rings. The number of hydrogen-bond acceptors (Lipinski definition) is 2. The Morgan fingerprint density at radius 3 is 2.56 bits per heavy atom. The zero-order valence-electron chi connectivity index (χ0n) is 11.8. The lowest BCUT2D eigenvalue weighted by atomic mass is 9.93. The Hall–Kier alpha value is -0.540. The third kappa shape index (κ3) is 5.87. The van der Waals surface area contributed by atoms with E-state index in [0.29, 0.717) is 5.41 Å². The second-order valence-corrected chi connectivity index (χ2v) is 7.01. The predicted molar refractivity (Wildman–Crippen MR) is 81.1 cm³/mol. The van der Waals surface area contributed by atoms with Crippen LogP contribution in [0.15, 0.2) is 22.7 Å².